The van der Waals surface area contributed by atoms with Crippen molar-refractivity contribution in [3.05, 3.63) is 18.1 Å². The van der Waals surface area contributed by atoms with Crippen molar-refractivity contribution in [2.75, 3.05) is 0 Å². The Bertz CT molecular complexity index is 318. The zero-order chi connectivity index (χ0) is 9.10. The van der Waals surface area contributed by atoms with Gasteiger partial charge in [0.25, 0.3) is 5.68 Å². The third-order valence-electron chi connectivity index (χ3n) is 2.63. The molecule has 1 aromatic heterocycles. The van der Waals surface area contributed by atoms with E-state index in [4.69, 9.17) is 4.42 Å². The van der Waals surface area contributed by atoms with Crippen molar-refractivity contribution < 1.29 is 4.42 Å². The van der Waals surface area contributed by atoms with Gasteiger partial charge < -0.3 is 8.98 Å². The first-order chi connectivity index (χ1) is 6.36. The van der Waals surface area contributed by atoms with E-state index in [1.165, 1.54) is 32.1 Å². The van der Waals surface area contributed by atoms with Gasteiger partial charge in [-0.05, 0) is 12.8 Å². The maximum absolute atomic E-state index is 5.26. The number of hydrogen-bond donors (Lipinski definition) is 0. The van der Waals surface area contributed by atoms with Crippen LogP contribution in [0.1, 0.15) is 32.1 Å². The molecule has 3 nitrogen and oxygen atoms in total. The topological polar surface area (TPSA) is 30.4 Å². The summed E-state index contributed by atoms with van der Waals surface area (Å²) in [6, 6.07) is 0.492. The fourth-order valence-corrected chi connectivity index (χ4v) is 1.82. The lowest BCUT2D eigenvalue weighted by atomic mass is 9.96. The highest BCUT2D eigenvalue weighted by Crippen LogP contribution is 2.19. The number of oxazole rings is 1. The average Bonchev–Trinajstić information content (AvgIpc) is 2.54. The second kappa shape index (κ2) is 3.81. The van der Waals surface area contributed by atoms with E-state index in [9.17, 15) is 0 Å². The zero-order valence-corrected chi connectivity index (χ0v) is 8.07. The summed E-state index contributed by atoms with van der Waals surface area (Å²) in [5.41, 5.74) is 0.756. The minimum absolute atomic E-state index is 0.492. The molecule has 0 atom stereocenters. The molecule has 1 aliphatic carbocycles. The van der Waals surface area contributed by atoms with Crippen molar-refractivity contribution in [2.24, 2.45) is 12.0 Å². The van der Waals surface area contributed by atoms with Gasteiger partial charge in [-0.2, -0.15) is 0 Å². The second-order valence-corrected chi connectivity index (χ2v) is 3.72. The molecule has 1 aliphatic rings. The van der Waals surface area contributed by atoms with Crippen LogP contribution in [0.3, 0.4) is 0 Å². The molecule has 3 heteroatoms. The molecule has 0 bridgehead atoms. The first-order valence-corrected chi connectivity index (χ1v) is 5.00. The fraction of sp³-hybridized carbons (Fsp3) is 0.700. The molecule has 0 amide bonds. The molecule has 1 fully saturated rings. The number of aromatic nitrogens is 1. The third kappa shape index (κ3) is 2.02. The van der Waals surface area contributed by atoms with Gasteiger partial charge in [0.1, 0.15) is 6.26 Å². The van der Waals surface area contributed by atoms with Gasteiger partial charge in [-0.3, -0.25) is 0 Å². The van der Waals surface area contributed by atoms with Crippen LogP contribution in [0.15, 0.2) is 21.9 Å². The number of hydrogen-bond acceptors (Lipinski definition) is 2. The van der Waals surface area contributed by atoms with Gasteiger partial charge in [0.05, 0.1) is 6.04 Å². The van der Waals surface area contributed by atoms with Gasteiger partial charge in [-0.1, -0.05) is 19.3 Å². The van der Waals surface area contributed by atoms with Gasteiger partial charge in [0.2, 0.25) is 0 Å². The van der Waals surface area contributed by atoms with E-state index >= 15 is 0 Å². The van der Waals surface area contributed by atoms with E-state index in [2.05, 4.69) is 4.99 Å². The van der Waals surface area contributed by atoms with Gasteiger partial charge >= 0.3 is 0 Å². The fourth-order valence-electron chi connectivity index (χ4n) is 1.82. The Kier molecular flexibility index (Phi) is 2.52. The Labute approximate surface area is 78.1 Å². The molecule has 0 aromatic carbocycles. The van der Waals surface area contributed by atoms with Gasteiger partial charge in [-0.15, -0.1) is 0 Å². The van der Waals surface area contributed by atoms with E-state index in [0.717, 1.165) is 5.68 Å². The Hall–Kier alpha value is -0.990. The third-order valence-corrected chi connectivity index (χ3v) is 2.63. The van der Waals surface area contributed by atoms with Crippen molar-refractivity contribution in [3.8, 4) is 0 Å². The maximum Gasteiger partial charge on any atom is 0.296 e. The molecule has 72 valence electrons. The van der Waals surface area contributed by atoms with Gasteiger partial charge in [-0.25, -0.2) is 4.99 Å². The highest BCUT2D eigenvalue weighted by Gasteiger charge is 2.11. The molecule has 0 unspecified atom stereocenters. The van der Waals surface area contributed by atoms with E-state index in [0.29, 0.717) is 6.04 Å². The van der Waals surface area contributed by atoms with Crippen LogP contribution >= 0.6 is 0 Å². The summed E-state index contributed by atoms with van der Waals surface area (Å²) < 4.78 is 7.19. The van der Waals surface area contributed by atoms with Crippen molar-refractivity contribution in [1.82, 2.24) is 4.57 Å². The summed E-state index contributed by atoms with van der Waals surface area (Å²) in [5.74, 6) is 0. The van der Waals surface area contributed by atoms with Crippen LogP contribution < -0.4 is 5.68 Å². The lowest BCUT2D eigenvalue weighted by Gasteiger charge is -2.16. The van der Waals surface area contributed by atoms with Crippen molar-refractivity contribution in [3.63, 3.8) is 0 Å². The number of rotatable bonds is 1. The van der Waals surface area contributed by atoms with E-state index in [1.54, 1.807) is 6.26 Å². The summed E-state index contributed by atoms with van der Waals surface area (Å²) in [5, 5.41) is 0. The van der Waals surface area contributed by atoms with Crippen LogP contribution in [-0.4, -0.2) is 10.6 Å². The molecule has 0 radical (unpaired) electrons. The zero-order valence-electron chi connectivity index (χ0n) is 8.07. The average molecular weight is 180 g/mol. The van der Waals surface area contributed by atoms with Crippen molar-refractivity contribution >= 4 is 0 Å². The number of nitrogens with zero attached hydrogens (tertiary/aromatic N) is 2. The predicted molar refractivity (Wildman–Crippen MR) is 50.1 cm³/mol. The molecular formula is C10H16N2O. The minimum atomic E-state index is 0.492. The Morgan fingerprint density at radius 3 is 2.77 bits per heavy atom. The summed E-state index contributed by atoms with van der Waals surface area (Å²) in [4.78, 5) is 4.57. The first kappa shape index (κ1) is 8.60. The number of aryl methyl sites for hydroxylation is 1. The Morgan fingerprint density at radius 2 is 2.15 bits per heavy atom. The van der Waals surface area contributed by atoms with E-state index < -0.39 is 0 Å². The maximum atomic E-state index is 5.26. The highest BCUT2D eigenvalue weighted by atomic mass is 16.3. The molecular weight excluding hydrogens is 164 g/mol. The van der Waals surface area contributed by atoms with Crippen LogP contribution in [0.2, 0.25) is 0 Å². The van der Waals surface area contributed by atoms with Gasteiger partial charge in [0.15, 0.2) is 0 Å². The van der Waals surface area contributed by atoms with E-state index in [-0.39, 0.29) is 0 Å². The predicted octanol–water partition coefficient (Wildman–Crippen LogP) is 1.85. The lowest BCUT2D eigenvalue weighted by Crippen LogP contribution is -2.18. The van der Waals surface area contributed by atoms with Crippen LogP contribution in [0.5, 0.6) is 0 Å². The van der Waals surface area contributed by atoms with Crippen LogP contribution in [-0.2, 0) is 7.05 Å². The molecule has 1 heterocycles. The van der Waals surface area contributed by atoms with Crippen LogP contribution in [0, 0.1) is 0 Å². The quantitative estimate of drug-likeness (QED) is 0.648. The van der Waals surface area contributed by atoms with Crippen molar-refractivity contribution in [1.29, 1.82) is 0 Å². The second-order valence-electron chi connectivity index (χ2n) is 3.72. The Morgan fingerprint density at radius 1 is 1.38 bits per heavy atom. The summed E-state index contributed by atoms with van der Waals surface area (Å²) in [6.45, 7) is 0. The normalized spacial score (nSPS) is 20.8. The Balaban J connectivity index is 2.14. The molecule has 2 rings (SSSR count). The standard InChI is InChI=1S/C10H16N2O/c1-12-7-8-13-10(12)11-9-5-3-2-4-6-9/h7-9H,2-6H2,1H3. The molecule has 1 aromatic rings. The molecule has 0 spiro atoms. The molecule has 1 saturated carbocycles. The lowest BCUT2D eigenvalue weighted by molar-refractivity contribution is 0.398. The van der Waals surface area contributed by atoms with E-state index in [1.807, 2.05) is 17.8 Å². The van der Waals surface area contributed by atoms with Crippen molar-refractivity contribution in [2.45, 2.75) is 38.1 Å². The molecule has 13 heavy (non-hydrogen) atoms. The monoisotopic (exact) mass is 180 g/mol. The summed E-state index contributed by atoms with van der Waals surface area (Å²) in [6.07, 6.45) is 10.0. The molecule has 0 N–H and O–H groups in total. The highest BCUT2D eigenvalue weighted by molar-refractivity contribution is 4.74. The molecule has 0 aliphatic heterocycles. The summed E-state index contributed by atoms with van der Waals surface area (Å²) in [7, 11) is 1.96. The molecule has 0 saturated heterocycles. The summed E-state index contributed by atoms with van der Waals surface area (Å²) >= 11 is 0. The van der Waals surface area contributed by atoms with Gasteiger partial charge in [0, 0.05) is 13.2 Å². The van der Waals surface area contributed by atoms with Crippen LogP contribution in [0.25, 0.3) is 0 Å². The minimum Gasteiger partial charge on any atom is -0.432 e. The largest absolute Gasteiger partial charge is 0.432 e. The smallest absolute Gasteiger partial charge is 0.296 e. The van der Waals surface area contributed by atoms with Crippen LogP contribution in [0.4, 0.5) is 0 Å². The first-order valence-electron chi connectivity index (χ1n) is 5.00. The SMILES string of the molecule is Cn1ccoc1=NC1CCCCC1.